The molecular formula is C27H33NO2. The Labute approximate surface area is 181 Å². The van der Waals surface area contributed by atoms with Crippen LogP contribution in [0.3, 0.4) is 0 Å². The van der Waals surface area contributed by atoms with Crippen molar-refractivity contribution in [3.8, 4) is 22.9 Å². The molecule has 0 N–H and O–H groups in total. The molecule has 1 saturated carbocycles. The van der Waals surface area contributed by atoms with Crippen LogP contribution >= 0.6 is 0 Å². The van der Waals surface area contributed by atoms with Crippen LogP contribution < -0.4 is 4.74 Å². The summed E-state index contributed by atoms with van der Waals surface area (Å²) in [5.41, 5.74) is 2.73. The average molecular weight is 404 g/mol. The van der Waals surface area contributed by atoms with Gasteiger partial charge in [-0.05, 0) is 67.0 Å². The lowest BCUT2D eigenvalue weighted by molar-refractivity contribution is -0.140. The van der Waals surface area contributed by atoms with Gasteiger partial charge in [-0.15, -0.1) is 0 Å². The summed E-state index contributed by atoms with van der Waals surface area (Å²) < 4.78 is 5.66. The van der Waals surface area contributed by atoms with E-state index >= 15 is 0 Å². The van der Waals surface area contributed by atoms with E-state index in [0.717, 1.165) is 42.7 Å². The molecule has 1 fully saturated rings. The monoisotopic (exact) mass is 403 g/mol. The van der Waals surface area contributed by atoms with Gasteiger partial charge < -0.3 is 4.74 Å². The number of ether oxygens (including phenoxy) is 1. The van der Waals surface area contributed by atoms with Gasteiger partial charge in [0.2, 0.25) is 0 Å². The molecule has 0 aliphatic heterocycles. The minimum Gasteiger partial charge on any atom is -0.426 e. The summed E-state index contributed by atoms with van der Waals surface area (Å²) in [4.78, 5) is 12.6. The van der Waals surface area contributed by atoms with E-state index in [9.17, 15) is 4.79 Å². The molecule has 0 aromatic heterocycles. The van der Waals surface area contributed by atoms with Gasteiger partial charge in [-0.3, -0.25) is 4.79 Å². The molecule has 0 bridgehead atoms. The van der Waals surface area contributed by atoms with Crippen LogP contribution in [-0.4, -0.2) is 5.97 Å². The normalized spacial score (nSPS) is 18.5. The number of carbonyl (C=O) groups is 1. The molecule has 30 heavy (non-hydrogen) atoms. The SMILES string of the molecule is CCCCCCC[C@H]1CC[C@H](C(=O)Oc2ccc(-c3ccc(C#N)cc3)cc2)CC1. The second kappa shape index (κ2) is 11.6. The predicted octanol–water partition coefficient (Wildman–Crippen LogP) is 7.30. The number of nitriles is 1. The number of benzene rings is 2. The predicted molar refractivity (Wildman–Crippen MR) is 121 cm³/mol. The van der Waals surface area contributed by atoms with E-state index in [1.165, 1.54) is 38.5 Å². The Bertz CT molecular complexity index is 825. The molecule has 158 valence electrons. The van der Waals surface area contributed by atoms with E-state index in [1.54, 1.807) is 0 Å². The molecule has 1 aliphatic rings. The second-order valence-electron chi connectivity index (χ2n) is 8.56. The number of hydrogen-bond acceptors (Lipinski definition) is 3. The van der Waals surface area contributed by atoms with E-state index in [4.69, 9.17) is 10.00 Å². The fourth-order valence-electron chi connectivity index (χ4n) is 4.38. The number of esters is 1. The molecule has 0 heterocycles. The average Bonchev–Trinajstić information content (AvgIpc) is 2.80. The Hall–Kier alpha value is -2.60. The first-order chi connectivity index (χ1) is 14.7. The van der Waals surface area contributed by atoms with Gasteiger partial charge in [-0.25, -0.2) is 0 Å². The highest BCUT2D eigenvalue weighted by atomic mass is 16.5. The fourth-order valence-corrected chi connectivity index (χ4v) is 4.38. The number of hydrogen-bond donors (Lipinski definition) is 0. The van der Waals surface area contributed by atoms with Crippen LogP contribution in [0.1, 0.15) is 76.7 Å². The summed E-state index contributed by atoms with van der Waals surface area (Å²) >= 11 is 0. The molecule has 0 unspecified atom stereocenters. The van der Waals surface area contributed by atoms with Crippen molar-refractivity contribution < 1.29 is 9.53 Å². The molecule has 3 rings (SSSR count). The lowest BCUT2D eigenvalue weighted by atomic mass is 9.80. The molecule has 0 amide bonds. The molecule has 1 aliphatic carbocycles. The number of unbranched alkanes of at least 4 members (excludes halogenated alkanes) is 4. The van der Waals surface area contributed by atoms with E-state index in [1.807, 2.05) is 48.5 Å². The van der Waals surface area contributed by atoms with Crippen molar-refractivity contribution >= 4 is 5.97 Å². The number of nitrogens with zero attached hydrogens (tertiary/aromatic N) is 1. The van der Waals surface area contributed by atoms with Crippen molar-refractivity contribution in [2.24, 2.45) is 11.8 Å². The van der Waals surface area contributed by atoms with Gasteiger partial charge in [-0.2, -0.15) is 5.26 Å². The zero-order valence-corrected chi connectivity index (χ0v) is 18.1. The smallest absolute Gasteiger partial charge is 0.314 e. The quantitative estimate of drug-likeness (QED) is 0.251. The molecule has 0 radical (unpaired) electrons. The Morgan fingerprint density at radius 1 is 0.900 bits per heavy atom. The maximum Gasteiger partial charge on any atom is 0.314 e. The maximum atomic E-state index is 12.6. The van der Waals surface area contributed by atoms with Crippen LogP contribution in [0.2, 0.25) is 0 Å². The highest BCUT2D eigenvalue weighted by molar-refractivity contribution is 5.75. The van der Waals surface area contributed by atoms with E-state index in [2.05, 4.69) is 13.0 Å². The minimum atomic E-state index is -0.0810. The summed E-state index contributed by atoms with van der Waals surface area (Å²) in [5, 5.41) is 8.91. The Morgan fingerprint density at radius 2 is 1.50 bits per heavy atom. The summed E-state index contributed by atoms with van der Waals surface area (Å²) in [6, 6.07) is 17.2. The van der Waals surface area contributed by atoms with Crippen LogP contribution in [-0.2, 0) is 4.79 Å². The Balaban J connectivity index is 1.43. The van der Waals surface area contributed by atoms with Crippen LogP contribution in [0.25, 0.3) is 11.1 Å². The minimum absolute atomic E-state index is 0.0412. The lowest BCUT2D eigenvalue weighted by Crippen LogP contribution is -2.25. The van der Waals surface area contributed by atoms with Crippen molar-refractivity contribution in [1.29, 1.82) is 5.26 Å². The van der Waals surface area contributed by atoms with Crippen LogP contribution in [0, 0.1) is 23.2 Å². The first-order valence-corrected chi connectivity index (χ1v) is 11.5. The molecule has 2 aromatic rings. The number of rotatable bonds is 9. The summed E-state index contributed by atoms with van der Waals surface area (Å²) in [7, 11) is 0. The van der Waals surface area contributed by atoms with Crippen molar-refractivity contribution in [3.05, 3.63) is 54.1 Å². The van der Waals surface area contributed by atoms with Crippen molar-refractivity contribution in [3.63, 3.8) is 0 Å². The lowest BCUT2D eigenvalue weighted by Gasteiger charge is -2.27. The largest absolute Gasteiger partial charge is 0.426 e. The topological polar surface area (TPSA) is 50.1 Å². The zero-order chi connectivity index (χ0) is 21.2. The fraction of sp³-hybridized carbons (Fsp3) is 0.481. The highest BCUT2D eigenvalue weighted by Gasteiger charge is 2.27. The molecule has 0 atom stereocenters. The van der Waals surface area contributed by atoms with Gasteiger partial charge in [0.25, 0.3) is 0 Å². The molecule has 0 saturated heterocycles. The van der Waals surface area contributed by atoms with E-state index in [0.29, 0.717) is 11.3 Å². The third kappa shape index (κ3) is 6.46. The van der Waals surface area contributed by atoms with Crippen LogP contribution in [0.4, 0.5) is 0 Å². The Morgan fingerprint density at radius 3 is 2.10 bits per heavy atom. The molecular weight excluding hydrogens is 370 g/mol. The summed E-state index contributed by atoms with van der Waals surface area (Å²) in [6.45, 7) is 2.25. The first-order valence-electron chi connectivity index (χ1n) is 11.5. The summed E-state index contributed by atoms with van der Waals surface area (Å²) in [5.74, 6) is 1.36. The zero-order valence-electron chi connectivity index (χ0n) is 18.1. The van der Waals surface area contributed by atoms with Crippen molar-refractivity contribution in [2.45, 2.75) is 71.1 Å². The van der Waals surface area contributed by atoms with Crippen molar-refractivity contribution in [1.82, 2.24) is 0 Å². The van der Waals surface area contributed by atoms with Gasteiger partial charge >= 0.3 is 5.97 Å². The van der Waals surface area contributed by atoms with Gasteiger partial charge in [0, 0.05) is 0 Å². The maximum absolute atomic E-state index is 12.6. The Kier molecular flexibility index (Phi) is 8.51. The van der Waals surface area contributed by atoms with Crippen LogP contribution in [0.5, 0.6) is 5.75 Å². The second-order valence-corrected chi connectivity index (χ2v) is 8.56. The molecule has 3 nitrogen and oxygen atoms in total. The molecule has 0 spiro atoms. The highest BCUT2D eigenvalue weighted by Crippen LogP contribution is 2.33. The van der Waals surface area contributed by atoms with Crippen molar-refractivity contribution in [2.75, 3.05) is 0 Å². The van der Waals surface area contributed by atoms with E-state index < -0.39 is 0 Å². The van der Waals surface area contributed by atoms with Gasteiger partial charge in [0.15, 0.2) is 0 Å². The molecule has 2 aromatic carbocycles. The van der Waals surface area contributed by atoms with Gasteiger partial charge in [0.05, 0.1) is 17.6 Å². The van der Waals surface area contributed by atoms with Crippen LogP contribution in [0.15, 0.2) is 48.5 Å². The summed E-state index contributed by atoms with van der Waals surface area (Å²) in [6.07, 6.45) is 12.3. The number of carbonyl (C=O) groups excluding carboxylic acids is 1. The van der Waals surface area contributed by atoms with Gasteiger partial charge in [-0.1, -0.05) is 69.7 Å². The standard InChI is InChI=1S/C27H33NO2/c1-2-3-4-5-6-7-21-8-14-25(15-9-21)27(29)30-26-18-16-24(17-19-26)23-12-10-22(20-28)11-13-23/h10-13,16-19,21,25H,2-9,14-15H2,1H3/t21-,25-. The third-order valence-electron chi connectivity index (χ3n) is 6.32. The molecule has 3 heteroatoms. The van der Waals surface area contributed by atoms with E-state index in [-0.39, 0.29) is 11.9 Å². The van der Waals surface area contributed by atoms with Gasteiger partial charge in [0.1, 0.15) is 5.75 Å². The third-order valence-corrected chi connectivity index (χ3v) is 6.32. The first kappa shape index (κ1) is 22.1.